The second-order valence-electron chi connectivity index (χ2n) is 6.45. The Bertz CT molecular complexity index is 467. The average molecular weight is 286 g/mol. The van der Waals surface area contributed by atoms with Crippen LogP contribution in [0, 0.1) is 11.8 Å². The van der Waals surface area contributed by atoms with Gasteiger partial charge in [-0.2, -0.15) is 0 Å². The third-order valence-corrected chi connectivity index (χ3v) is 4.91. The topological polar surface area (TPSA) is 32.3 Å². The molecule has 2 aliphatic rings. The number of nitrogens with one attached hydrogen (secondary N) is 1. The van der Waals surface area contributed by atoms with Crippen molar-refractivity contribution in [2.45, 2.75) is 32.1 Å². The largest absolute Gasteiger partial charge is 0.342 e. The zero-order chi connectivity index (χ0) is 14.7. The van der Waals surface area contributed by atoms with E-state index in [9.17, 15) is 4.79 Å². The van der Waals surface area contributed by atoms with Crippen LogP contribution in [-0.4, -0.2) is 37.0 Å². The molecule has 1 aliphatic carbocycles. The highest BCUT2D eigenvalue weighted by molar-refractivity contribution is 5.83. The van der Waals surface area contributed by atoms with E-state index in [4.69, 9.17) is 0 Å². The smallest absolute Gasteiger partial charge is 0.226 e. The van der Waals surface area contributed by atoms with Gasteiger partial charge in [-0.25, -0.2) is 0 Å². The molecule has 1 aromatic carbocycles. The van der Waals surface area contributed by atoms with E-state index in [1.54, 1.807) is 0 Å². The zero-order valence-corrected chi connectivity index (χ0v) is 12.9. The monoisotopic (exact) mass is 286 g/mol. The van der Waals surface area contributed by atoms with E-state index in [2.05, 4.69) is 41.4 Å². The maximum Gasteiger partial charge on any atom is 0.226 e. The Labute approximate surface area is 127 Å². The summed E-state index contributed by atoms with van der Waals surface area (Å²) >= 11 is 0. The van der Waals surface area contributed by atoms with Crippen molar-refractivity contribution in [1.29, 1.82) is 0 Å². The van der Waals surface area contributed by atoms with Crippen LogP contribution >= 0.6 is 0 Å². The fourth-order valence-electron chi connectivity index (χ4n) is 3.54. The van der Waals surface area contributed by atoms with Crippen molar-refractivity contribution >= 4 is 5.91 Å². The van der Waals surface area contributed by atoms with Crippen LogP contribution in [0.3, 0.4) is 0 Å². The molecule has 1 aliphatic heterocycles. The second-order valence-corrected chi connectivity index (χ2v) is 6.45. The lowest BCUT2D eigenvalue weighted by molar-refractivity contribution is -0.133. The van der Waals surface area contributed by atoms with Crippen molar-refractivity contribution in [2.75, 3.05) is 26.2 Å². The number of piperidine rings is 1. The van der Waals surface area contributed by atoms with E-state index in [1.807, 2.05) is 6.07 Å². The molecule has 3 unspecified atom stereocenters. The zero-order valence-electron chi connectivity index (χ0n) is 12.9. The second kappa shape index (κ2) is 6.61. The van der Waals surface area contributed by atoms with E-state index in [1.165, 1.54) is 18.4 Å². The van der Waals surface area contributed by atoms with E-state index in [-0.39, 0.29) is 5.92 Å². The molecule has 21 heavy (non-hydrogen) atoms. The number of carbonyl (C=O) groups is 1. The summed E-state index contributed by atoms with van der Waals surface area (Å²) < 4.78 is 0. The van der Waals surface area contributed by atoms with Gasteiger partial charge >= 0.3 is 0 Å². The molecule has 0 radical (unpaired) electrons. The first-order valence-corrected chi connectivity index (χ1v) is 8.34. The molecule has 114 valence electrons. The van der Waals surface area contributed by atoms with Crippen molar-refractivity contribution < 1.29 is 4.79 Å². The molecule has 1 aromatic rings. The minimum Gasteiger partial charge on any atom is -0.342 e. The van der Waals surface area contributed by atoms with Crippen LogP contribution in [0.15, 0.2) is 30.3 Å². The van der Waals surface area contributed by atoms with Crippen LogP contribution in [-0.2, 0) is 4.79 Å². The summed E-state index contributed by atoms with van der Waals surface area (Å²) in [5, 5.41) is 3.44. The molecule has 0 spiro atoms. The predicted molar refractivity (Wildman–Crippen MR) is 85.1 cm³/mol. The highest BCUT2D eigenvalue weighted by atomic mass is 16.2. The van der Waals surface area contributed by atoms with Gasteiger partial charge in [0.2, 0.25) is 5.91 Å². The summed E-state index contributed by atoms with van der Waals surface area (Å²) in [7, 11) is 0. The van der Waals surface area contributed by atoms with Crippen molar-refractivity contribution in [2.24, 2.45) is 11.8 Å². The SMILES string of the molecule is CCN(CC1CCCNC1)C(=O)C1CC1c1ccccc1. The number of benzene rings is 1. The molecule has 1 amide bonds. The minimum atomic E-state index is 0.226. The molecule has 1 saturated carbocycles. The quantitative estimate of drug-likeness (QED) is 0.902. The van der Waals surface area contributed by atoms with Crippen LogP contribution < -0.4 is 5.32 Å². The Hall–Kier alpha value is -1.35. The average Bonchev–Trinajstić information content (AvgIpc) is 3.34. The van der Waals surface area contributed by atoms with Gasteiger partial charge in [0.05, 0.1) is 0 Å². The van der Waals surface area contributed by atoms with Gasteiger partial charge in [0.1, 0.15) is 0 Å². The predicted octanol–water partition coefficient (Wildman–Crippen LogP) is 2.64. The van der Waals surface area contributed by atoms with Gasteiger partial charge < -0.3 is 10.2 Å². The number of hydrogen-bond acceptors (Lipinski definition) is 2. The molecule has 0 aromatic heterocycles. The molecular formula is C18H26N2O. The molecule has 3 heteroatoms. The van der Waals surface area contributed by atoms with Crippen LogP contribution in [0.5, 0.6) is 0 Å². The lowest BCUT2D eigenvalue weighted by Gasteiger charge is -2.29. The van der Waals surface area contributed by atoms with Crippen molar-refractivity contribution in [3.05, 3.63) is 35.9 Å². The summed E-state index contributed by atoms with van der Waals surface area (Å²) in [4.78, 5) is 14.8. The molecule has 3 atom stereocenters. The molecule has 1 N–H and O–H groups in total. The minimum absolute atomic E-state index is 0.226. The van der Waals surface area contributed by atoms with E-state index in [0.29, 0.717) is 17.7 Å². The van der Waals surface area contributed by atoms with Crippen LogP contribution in [0.2, 0.25) is 0 Å². The third-order valence-electron chi connectivity index (χ3n) is 4.91. The summed E-state index contributed by atoms with van der Waals surface area (Å²) in [6, 6.07) is 10.5. The maximum atomic E-state index is 12.7. The van der Waals surface area contributed by atoms with Gasteiger partial charge in [-0.1, -0.05) is 30.3 Å². The van der Waals surface area contributed by atoms with Crippen molar-refractivity contribution in [3.8, 4) is 0 Å². The highest BCUT2D eigenvalue weighted by Crippen LogP contribution is 2.48. The van der Waals surface area contributed by atoms with Gasteiger partial charge in [-0.3, -0.25) is 4.79 Å². The van der Waals surface area contributed by atoms with E-state index in [0.717, 1.165) is 32.6 Å². The first-order chi connectivity index (χ1) is 10.3. The summed E-state index contributed by atoms with van der Waals surface area (Å²) in [6.07, 6.45) is 3.53. The first kappa shape index (κ1) is 14.6. The Morgan fingerprint density at radius 1 is 1.33 bits per heavy atom. The lowest BCUT2D eigenvalue weighted by atomic mass is 9.99. The third kappa shape index (κ3) is 3.46. The Kier molecular flexibility index (Phi) is 4.59. The summed E-state index contributed by atoms with van der Waals surface area (Å²) in [6.45, 7) is 6.08. The van der Waals surface area contributed by atoms with Crippen LogP contribution in [0.4, 0.5) is 0 Å². The van der Waals surface area contributed by atoms with Crippen molar-refractivity contribution in [1.82, 2.24) is 10.2 Å². The van der Waals surface area contributed by atoms with Gasteiger partial charge in [0.15, 0.2) is 0 Å². The Morgan fingerprint density at radius 2 is 2.14 bits per heavy atom. The Morgan fingerprint density at radius 3 is 2.81 bits per heavy atom. The lowest BCUT2D eigenvalue weighted by Crippen LogP contribution is -2.41. The number of amides is 1. The Balaban J connectivity index is 1.56. The van der Waals surface area contributed by atoms with Crippen LogP contribution in [0.1, 0.15) is 37.7 Å². The first-order valence-electron chi connectivity index (χ1n) is 8.34. The summed E-state index contributed by atoms with van der Waals surface area (Å²) in [5.74, 6) is 1.69. The molecule has 3 nitrogen and oxygen atoms in total. The molecule has 3 rings (SSSR count). The van der Waals surface area contributed by atoms with Crippen molar-refractivity contribution in [3.63, 3.8) is 0 Å². The molecule has 2 fully saturated rings. The standard InChI is InChI=1S/C18H26N2O/c1-2-20(13-14-7-6-10-19-12-14)18(21)17-11-16(17)15-8-4-3-5-9-15/h3-5,8-9,14,16-17,19H,2,6-7,10-13H2,1H3. The molecule has 1 saturated heterocycles. The van der Waals surface area contributed by atoms with Gasteiger partial charge in [-0.05, 0) is 56.7 Å². The number of nitrogens with zero attached hydrogens (tertiary/aromatic N) is 1. The maximum absolute atomic E-state index is 12.7. The van der Waals surface area contributed by atoms with Gasteiger partial charge in [0, 0.05) is 19.0 Å². The van der Waals surface area contributed by atoms with E-state index < -0.39 is 0 Å². The normalized spacial score (nSPS) is 28.1. The van der Waals surface area contributed by atoms with Crippen LogP contribution in [0.25, 0.3) is 0 Å². The molecule has 0 bridgehead atoms. The summed E-state index contributed by atoms with van der Waals surface area (Å²) in [5.41, 5.74) is 1.33. The molecule has 1 heterocycles. The number of rotatable bonds is 5. The number of carbonyl (C=O) groups excluding carboxylic acids is 1. The van der Waals surface area contributed by atoms with Gasteiger partial charge in [-0.15, -0.1) is 0 Å². The molecular weight excluding hydrogens is 260 g/mol. The van der Waals surface area contributed by atoms with Gasteiger partial charge in [0.25, 0.3) is 0 Å². The number of hydrogen-bond donors (Lipinski definition) is 1. The van der Waals surface area contributed by atoms with E-state index >= 15 is 0 Å². The fourth-order valence-corrected chi connectivity index (χ4v) is 3.54. The highest BCUT2D eigenvalue weighted by Gasteiger charge is 2.45. The fraction of sp³-hybridized carbons (Fsp3) is 0.611.